The van der Waals surface area contributed by atoms with Gasteiger partial charge >= 0.3 is 0 Å². The molecule has 0 radical (unpaired) electrons. The van der Waals surface area contributed by atoms with Crippen LogP contribution in [0, 0.1) is 11.3 Å². The number of allylic oxidation sites excluding steroid dienone is 1. The van der Waals surface area contributed by atoms with Crippen LogP contribution in [0.3, 0.4) is 0 Å². The number of nitriles is 1. The summed E-state index contributed by atoms with van der Waals surface area (Å²) in [5.74, 6) is 2.34. The predicted octanol–water partition coefficient (Wildman–Crippen LogP) is 4.95. The van der Waals surface area contributed by atoms with Gasteiger partial charge in [-0.3, -0.25) is 4.79 Å². The van der Waals surface area contributed by atoms with Crippen molar-refractivity contribution in [3.05, 3.63) is 42.7 Å². The lowest BCUT2D eigenvalue weighted by Crippen LogP contribution is -2.33. The Labute approximate surface area is 194 Å². The minimum Gasteiger partial charge on any atom is -0.494 e. The fourth-order valence-electron chi connectivity index (χ4n) is 4.02. The first-order valence-corrected chi connectivity index (χ1v) is 12.2. The fourth-order valence-corrected chi connectivity index (χ4v) is 4.85. The Hall–Kier alpha value is -2.79. The molecule has 1 aromatic carbocycles. The maximum absolute atomic E-state index is 13.1. The van der Waals surface area contributed by atoms with Crippen LogP contribution in [0.4, 0.5) is 5.69 Å². The van der Waals surface area contributed by atoms with Crippen molar-refractivity contribution in [2.24, 2.45) is 0 Å². The second kappa shape index (κ2) is 12.3. The molecular formula is C24H31N5O2S. The van der Waals surface area contributed by atoms with Crippen LogP contribution in [0.25, 0.3) is 0 Å². The Morgan fingerprint density at radius 2 is 2.06 bits per heavy atom. The first-order chi connectivity index (χ1) is 15.7. The van der Waals surface area contributed by atoms with Crippen LogP contribution in [0.2, 0.25) is 0 Å². The van der Waals surface area contributed by atoms with Crippen LogP contribution in [0.1, 0.15) is 57.2 Å². The lowest BCUT2D eigenvalue weighted by atomic mass is 9.89. The maximum Gasteiger partial charge on any atom is 0.237 e. The van der Waals surface area contributed by atoms with Crippen molar-refractivity contribution in [2.75, 3.05) is 23.8 Å². The van der Waals surface area contributed by atoms with Gasteiger partial charge in [0.25, 0.3) is 0 Å². The first-order valence-electron chi connectivity index (χ1n) is 11.2. The Morgan fingerprint density at radius 3 is 2.72 bits per heavy atom. The number of hydrogen-bond donors (Lipinski definition) is 0. The lowest BCUT2D eigenvalue weighted by Gasteiger charge is -2.22. The maximum atomic E-state index is 13.1. The molecule has 2 aromatic rings. The third-order valence-electron chi connectivity index (χ3n) is 5.56. The van der Waals surface area contributed by atoms with E-state index in [1.54, 1.807) is 4.90 Å². The van der Waals surface area contributed by atoms with Crippen LogP contribution in [-0.4, -0.2) is 39.6 Å². The summed E-state index contributed by atoms with van der Waals surface area (Å²) in [6, 6.07) is 9.52. The van der Waals surface area contributed by atoms with Crippen molar-refractivity contribution in [3.8, 4) is 11.8 Å². The molecule has 3 rings (SSSR count). The molecule has 0 spiro atoms. The number of amides is 1. The second-order valence-corrected chi connectivity index (χ2v) is 8.69. The zero-order valence-electron chi connectivity index (χ0n) is 18.7. The van der Waals surface area contributed by atoms with E-state index in [0.29, 0.717) is 25.6 Å². The van der Waals surface area contributed by atoms with Gasteiger partial charge in [0.2, 0.25) is 5.91 Å². The molecule has 0 aliphatic heterocycles. The van der Waals surface area contributed by atoms with Crippen LogP contribution >= 0.6 is 11.8 Å². The molecule has 32 heavy (non-hydrogen) atoms. The number of thioether (sulfide) groups is 1. The summed E-state index contributed by atoms with van der Waals surface area (Å²) in [5.41, 5.74) is 0.754. The van der Waals surface area contributed by atoms with Gasteiger partial charge in [0.05, 0.1) is 24.8 Å². The molecule has 1 heterocycles. The third kappa shape index (κ3) is 6.13. The van der Waals surface area contributed by atoms with Gasteiger partial charge in [-0.05, 0) is 44.0 Å². The Kier molecular flexibility index (Phi) is 9.17. The predicted molar refractivity (Wildman–Crippen MR) is 127 cm³/mol. The number of rotatable bonds is 11. The van der Waals surface area contributed by atoms with Crippen LogP contribution in [-0.2, 0) is 11.3 Å². The number of carbonyl (C=O) groups excluding carboxylic acids is 1. The van der Waals surface area contributed by atoms with Crippen molar-refractivity contribution in [1.82, 2.24) is 14.8 Å². The minimum absolute atomic E-state index is 0.0678. The summed E-state index contributed by atoms with van der Waals surface area (Å²) in [5, 5.41) is 18.7. The van der Waals surface area contributed by atoms with Gasteiger partial charge in [0.1, 0.15) is 11.6 Å². The minimum atomic E-state index is -0.0678. The Bertz CT molecular complexity index is 929. The zero-order valence-corrected chi connectivity index (χ0v) is 19.5. The zero-order chi connectivity index (χ0) is 22.8. The Balaban J connectivity index is 1.71. The number of nitrogens with zero attached hydrogens (tertiary/aromatic N) is 5. The fraction of sp³-hybridized carbons (Fsp3) is 0.500. The SMILES string of the molecule is C=CCn1c(SCC(=O)N(CCC#N)c2ccc(OCC)cc2)nnc1C1CCCCC1. The summed E-state index contributed by atoms with van der Waals surface area (Å²) >= 11 is 1.39. The lowest BCUT2D eigenvalue weighted by molar-refractivity contribution is -0.116. The monoisotopic (exact) mass is 453 g/mol. The van der Waals surface area contributed by atoms with Gasteiger partial charge in [0, 0.05) is 24.7 Å². The van der Waals surface area contributed by atoms with Gasteiger partial charge in [-0.25, -0.2) is 0 Å². The van der Waals surface area contributed by atoms with E-state index >= 15 is 0 Å². The molecule has 1 aliphatic rings. The molecule has 1 amide bonds. The number of anilines is 1. The summed E-state index contributed by atoms with van der Waals surface area (Å²) in [6.45, 7) is 7.37. The molecule has 1 aromatic heterocycles. The van der Waals surface area contributed by atoms with Crippen LogP contribution in [0.5, 0.6) is 5.75 Å². The number of aromatic nitrogens is 3. The standard InChI is InChI=1S/C24H31N5O2S/c1-3-16-29-23(19-9-6-5-7-10-19)26-27-24(29)32-18-22(30)28(17-8-15-25)20-11-13-21(14-12-20)31-4-2/h3,11-14,19H,1,4-10,16-18H2,2H3. The molecule has 0 unspecified atom stereocenters. The van der Waals surface area contributed by atoms with Crippen LogP contribution < -0.4 is 9.64 Å². The highest BCUT2D eigenvalue weighted by atomic mass is 32.2. The number of hydrogen-bond acceptors (Lipinski definition) is 6. The van der Waals surface area contributed by atoms with Crippen molar-refractivity contribution in [2.45, 2.75) is 63.1 Å². The van der Waals surface area contributed by atoms with E-state index in [0.717, 1.165) is 35.3 Å². The molecule has 1 saturated carbocycles. The number of ether oxygens (including phenoxy) is 1. The molecule has 7 nitrogen and oxygen atoms in total. The average Bonchev–Trinajstić information content (AvgIpc) is 3.22. The summed E-state index contributed by atoms with van der Waals surface area (Å²) in [7, 11) is 0. The molecule has 1 fully saturated rings. The second-order valence-electron chi connectivity index (χ2n) is 7.74. The normalized spacial score (nSPS) is 14.0. The Morgan fingerprint density at radius 1 is 1.31 bits per heavy atom. The van der Waals surface area contributed by atoms with E-state index in [9.17, 15) is 4.79 Å². The summed E-state index contributed by atoms with van der Waals surface area (Å²) in [4.78, 5) is 14.8. The molecule has 8 heteroatoms. The molecule has 0 N–H and O–H groups in total. The smallest absolute Gasteiger partial charge is 0.237 e. The van der Waals surface area contributed by atoms with E-state index < -0.39 is 0 Å². The van der Waals surface area contributed by atoms with Gasteiger partial charge in [0.15, 0.2) is 5.16 Å². The van der Waals surface area contributed by atoms with Gasteiger partial charge < -0.3 is 14.2 Å². The molecule has 0 saturated heterocycles. The van der Waals surface area contributed by atoms with E-state index in [4.69, 9.17) is 10.00 Å². The highest BCUT2D eigenvalue weighted by molar-refractivity contribution is 7.99. The molecule has 0 bridgehead atoms. The van der Waals surface area contributed by atoms with Crippen molar-refractivity contribution >= 4 is 23.4 Å². The van der Waals surface area contributed by atoms with E-state index in [-0.39, 0.29) is 18.1 Å². The highest BCUT2D eigenvalue weighted by Gasteiger charge is 2.24. The van der Waals surface area contributed by atoms with Crippen LogP contribution in [0.15, 0.2) is 42.1 Å². The van der Waals surface area contributed by atoms with Crippen molar-refractivity contribution in [1.29, 1.82) is 5.26 Å². The number of carbonyl (C=O) groups is 1. The van der Waals surface area contributed by atoms with Gasteiger partial charge in [-0.2, -0.15) is 5.26 Å². The summed E-state index contributed by atoms with van der Waals surface area (Å²) in [6.07, 6.45) is 8.12. The molecule has 170 valence electrons. The number of benzene rings is 1. The van der Waals surface area contributed by atoms with E-state index in [2.05, 4.69) is 27.4 Å². The van der Waals surface area contributed by atoms with Crippen molar-refractivity contribution < 1.29 is 9.53 Å². The highest BCUT2D eigenvalue weighted by Crippen LogP contribution is 2.33. The molecular weight excluding hydrogens is 422 g/mol. The third-order valence-corrected chi connectivity index (χ3v) is 6.51. The quantitative estimate of drug-likeness (QED) is 0.354. The largest absolute Gasteiger partial charge is 0.494 e. The topological polar surface area (TPSA) is 84.0 Å². The van der Waals surface area contributed by atoms with E-state index in [1.165, 1.54) is 31.0 Å². The van der Waals surface area contributed by atoms with Gasteiger partial charge in [-0.1, -0.05) is 37.1 Å². The average molecular weight is 454 g/mol. The van der Waals surface area contributed by atoms with Crippen molar-refractivity contribution in [3.63, 3.8) is 0 Å². The molecule has 1 aliphatic carbocycles. The molecule has 0 atom stereocenters. The van der Waals surface area contributed by atoms with Gasteiger partial charge in [-0.15, -0.1) is 16.8 Å². The first kappa shape index (κ1) is 23.9. The summed E-state index contributed by atoms with van der Waals surface area (Å²) < 4.78 is 7.58. The van der Waals surface area contributed by atoms with E-state index in [1.807, 2.05) is 37.3 Å².